The lowest BCUT2D eigenvalue weighted by atomic mass is 9.84. The number of rotatable bonds is 6. The Hall–Kier alpha value is -3.20. The summed E-state index contributed by atoms with van der Waals surface area (Å²) in [7, 11) is -3.24. The summed E-state index contributed by atoms with van der Waals surface area (Å²) in [5.74, 6) is 0.335. The van der Waals surface area contributed by atoms with Crippen molar-refractivity contribution in [2.24, 2.45) is 0 Å². The third kappa shape index (κ3) is 4.54. The molecule has 0 bridgehead atoms. The van der Waals surface area contributed by atoms with Crippen molar-refractivity contribution >= 4 is 21.6 Å². The topological polar surface area (TPSA) is 108 Å². The summed E-state index contributed by atoms with van der Waals surface area (Å²) in [6, 6.07) is 10.6. The Morgan fingerprint density at radius 2 is 1.84 bits per heavy atom. The minimum absolute atomic E-state index is 0.0634. The molecule has 1 aliphatic heterocycles. The lowest BCUT2D eigenvalue weighted by molar-refractivity contribution is 0.245. The van der Waals surface area contributed by atoms with Gasteiger partial charge in [-0.3, -0.25) is 10.00 Å². The Morgan fingerprint density at radius 1 is 1.14 bits per heavy atom. The van der Waals surface area contributed by atoms with Crippen molar-refractivity contribution in [2.75, 3.05) is 17.2 Å². The maximum Gasteiger partial charge on any atom is 0.322 e. The van der Waals surface area contributed by atoms with Crippen molar-refractivity contribution in [1.82, 2.24) is 20.5 Å². The van der Waals surface area contributed by atoms with Crippen molar-refractivity contribution in [1.29, 1.82) is 0 Å². The Bertz CT molecular complexity index is 1420. The summed E-state index contributed by atoms with van der Waals surface area (Å²) in [5, 5.41) is 10.7. The molecular weight excluding hydrogens is 486 g/mol. The lowest BCUT2D eigenvalue weighted by Gasteiger charge is -2.24. The first-order valence-corrected chi connectivity index (χ1v) is 14.7. The summed E-state index contributed by atoms with van der Waals surface area (Å²) in [6.07, 6.45) is 4.32. The number of carbonyl (C=O) groups excluding carboxylic acids is 1. The number of benzene rings is 1. The fraction of sp³-hybridized carbons (Fsp3) is 0.464. The average Bonchev–Trinajstić information content (AvgIpc) is 3.61. The predicted octanol–water partition coefficient (Wildman–Crippen LogP) is 5.24. The number of aromatic nitrogens is 3. The molecule has 8 nitrogen and oxygen atoms in total. The molecule has 2 aliphatic rings. The third-order valence-corrected chi connectivity index (χ3v) is 9.57. The number of aromatic amines is 1. The first kappa shape index (κ1) is 25.4. The molecule has 0 unspecified atom stereocenters. The van der Waals surface area contributed by atoms with Crippen LogP contribution in [0.1, 0.15) is 75.0 Å². The zero-order valence-corrected chi connectivity index (χ0v) is 22.8. The van der Waals surface area contributed by atoms with E-state index >= 15 is 0 Å². The summed E-state index contributed by atoms with van der Waals surface area (Å²) in [6.45, 7) is 8.87. The summed E-state index contributed by atoms with van der Waals surface area (Å²) in [5.41, 5.74) is 6.60. The van der Waals surface area contributed by atoms with Crippen LogP contribution in [0.25, 0.3) is 11.3 Å². The van der Waals surface area contributed by atoms with Crippen molar-refractivity contribution in [3.63, 3.8) is 0 Å². The fourth-order valence-corrected chi connectivity index (χ4v) is 6.62. The van der Waals surface area contributed by atoms with Gasteiger partial charge in [-0.15, -0.1) is 0 Å². The van der Waals surface area contributed by atoms with Crippen LogP contribution in [0, 0.1) is 6.92 Å². The van der Waals surface area contributed by atoms with Crippen LogP contribution in [-0.4, -0.2) is 41.9 Å². The molecule has 3 aromatic rings. The molecule has 0 saturated heterocycles. The Morgan fingerprint density at radius 3 is 2.49 bits per heavy atom. The zero-order chi connectivity index (χ0) is 26.4. The largest absolute Gasteiger partial charge is 0.334 e. The predicted molar refractivity (Wildman–Crippen MR) is 145 cm³/mol. The van der Waals surface area contributed by atoms with E-state index in [0.717, 1.165) is 65.3 Å². The number of carbonyl (C=O) groups is 1. The molecule has 37 heavy (non-hydrogen) atoms. The average molecular weight is 522 g/mol. The van der Waals surface area contributed by atoms with E-state index in [1.165, 1.54) is 0 Å². The minimum atomic E-state index is -3.24. The molecule has 196 valence electrons. The smallest absolute Gasteiger partial charge is 0.322 e. The number of aryl methyl sites for hydroxylation is 1. The Kier molecular flexibility index (Phi) is 6.60. The number of anilines is 1. The van der Waals surface area contributed by atoms with Crippen molar-refractivity contribution in [3.05, 3.63) is 59.0 Å². The van der Waals surface area contributed by atoms with Crippen molar-refractivity contribution in [3.8, 4) is 11.3 Å². The normalized spacial score (nSPS) is 16.5. The van der Waals surface area contributed by atoms with Crippen LogP contribution >= 0.6 is 0 Å². The molecule has 0 atom stereocenters. The van der Waals surface area contributed by atoms with Gasteiger partial charge in [0.2, 0.25) is 0 Å². The molecule has 1 saturated carbocycles. The van der Waals surface area contributed by atoms with Gasteiger partial charge in [0.05, 0.1) is 33.4 Å². The van der Waals surface area contributed by atoms with Crippen LogP contribution in [-0.2, 0) is 21.8 Å². The number of urea groups is 1. The number of pyridine rings is 1. The molecule has 1 aromatic carbocycles. The van der Waals surface area contributed by atoms with E-state index in [1.807, 2.05) is 24.0 Å². The molecule has 5 rings (SSSR count). The van der Waals surface area contributed by atoms with Crippen LogP contribution in [0.2, 0.25) is 0 Å². The fourth-order valence-electron chi connectivity index (χ4n) is 5.73. The van der Waals surface area contributed by atoms with E-state index in [2.05, 4.69) is 29.4 Å². The second-order valence-corrected chi connectivity index (χ2v) is 12.9. The SMILES string of the molecule is CCS(=O)(=O)c1ccc(CNC(=O)N2CC3(CCCC3)c3nc(-c4c(C(C)C)n[nH]c4C)ccc32)cc1. The van der Waals surface area contributed by atoms with Gasteiger partial charge in [-0.1, -0.05) is 45.7 Å². The number of nitrogens with zero attached hydrogens (tertiary/aromatic N) is 3. The number of nitrogens with one attached hydrogen (secondary N) is 2. The molecule has 2 aromatic heterocycles. The molecule has 2 N–H and O–H groups in total. The molecule has 3 heterocycles. The van der Waals surface area contributed by atoms with E-state index in [0.29, 0.717) is 18.0 Å². The van der Waals surface area contributed by atoms with Gasteiger partial charge in [0.1, 0.15) is 0 Å². The van der Waals surface area contributed by atoms with Gasteiger partial charge in [0, 0.05) is 29.8 Å². The Balaban J connectivity index is 1.40. The molecule has 9 heteroatoms. The Labute approximate surface area is 218 Å². The number of H-pyrrole nitrogens is 1. The van der Waals surface area contributed by atoms with Crippen LogP contribution < -0.4 is 10.2 Å². The highest BCUT2D eigenvalue weighted by Gasteiger charge is 2.48. The molecule has 1 aliphatic carbocycles. The summed E-state index contributed by atoms with van der Waals surface area (Å²) in [4.78, 5) is 20.7. The van der Waals surface area contributed by atoms with Gasteiger partial charge in [-0.25, -0.2) is 18.2 Å². The standard InChI is InChI=1S/C28H35N5O3S/c1-5-37(35,36)21-10-8-20(9-11-21)16-29-27(34)33-17-28(14-6-7-15-28)26-23(33)13-12-22(30-26)24-19(4)31-32-25(24)18(2)3/h8-13,18H,5-7,14-17H2,1-4H3,(H,29,34)(H,31,32). The molecule has 0 radical (unpaired) electrons. The maximum absolute atomic E-state index is 13.4. The summed E-state index contributed by atoms with van der Waals surface area (Å²) >= 11 is 0. The van der Waals surface area contributed by atoms with E-state index < -0.39 is 9.84 Å². The van der Waals surface area contributed by atoms with Gasteiger partial charge < -0.3 is 5.32 Å². The van der Waals surface area contributed by atoms with E-state index in [4.69, 9.17) is 4.98 Å². The van der Waals surface area contributed by atoms with Gasteiger partial charge >= 0.3 is 6.03 Å². The molecule has 1 fully saturated rings. The first-order valence-electron chi connectivity index (χ1n) is 13.1. The number of fused-ring (bicyclic) bond motifs is 2. The quantitative estimate of drug-likeness (QED) is 0.461. The van der Waals surface area contributed by atoms with Crippen molar-refractivity contribution < 1.29 is 13.2 Å². The van der Waals surface area contributed by atoms with E-state index in [1.54, 1.807) is 31.2 Å². The second-order valence-electron chi connectivity index (χ2n) is 10.6. The highest BCUT2D eigenvalue weighted by molar-refractivity contribution is 7.91. The van der Waals surface area contributed by atoms with Gasteiger partial charge in [0.25, 0.3) is 0 Å². The van der Waals surface area contributed by atoms with E-state index in [-0.39, 0.29) is 23.1 Å². The van der Waals surface area contributed by atoms with Crippen LogP contribution in [0.5, 0.6) is 0 Å². The summed E-state index contributed by atoms with van der Waals surface area (Å²) < 4.78 is 24.1. The second kappa shape index (κ2) is 9.59. The van der Waals surface area contributed by atoms with E-state index in [9.17, 15) is 13.2 Å². The van der Waals surface area contributed by atoms with Crippen LogP contribution in [0.4, 0.5) is 10.5 Å². The molecule has 1 spiro atoms. The number of amides is 2. The first-order chi connectivity index (χ1) is 17.6. The monoisotopic (exact) mass is 521 g/mol. The van der Waals surface area contributed by atoms with Gasteiger partial charge in [-0.2, -0.15) is 5.10 Å². The van der Waals surface area contributed by atoms with Gasteiger partial charge in [-0.05, 0) is 55.5 Å². The minimum Gasteiger partial charge on any atom is -0.334 e. The zero-order valence-electron chi connectivity index (χ0n) is 22.0. The van der Waals surface area contributed by atoms with Crippen molar-refractivity contribution in [2.45, 2.75) is 76.2 Å². The van der Waals surface area contributed by atoms with Crippen LogP contribution in [0.15, 0.2) is 41.3 Å². The maximum atomic E-state index is 13.4. The van der Waals surface area contributed by atoms with Gasteiger partial charge in [0.15, 0.2) is 9.84 Å². The number of hydrogen-bond acceptors (Lipinski definition) is 5. The molecular formula is C28H35N5O3S. The third-order valence-electron chi connectivity index (χ3n) is 7.82. The lowest BCUT2D eigenvalue weighted by Crippen LogP contribution is -2.41. The van der Waals surface area contributed by atoms with Crippen LogP contribution in [0.3, 0.4) is 0 Å². The molecule has 2 amide bonds. The number of hydrogen-bond donors (Lipinski definition) is 2. The number of sulfone groups is 1. The highest BCUT2D eigenvalue weighted by Crippen LogP contribution is 2.50. The highest BCUT2D eigenvalue weighted by atomic mass is 32.2.